The predicted molar refractivity (Wildman–Crippen MR) is 88.5 cm³/mol. The van der Waals surface area contributed by atoms with Crippen molar-refractivity contribution < 1.29 is 9.59 Å². The van der Waals surface area contributed by atoms with Crippen molar-refractivity contribution in [3.63, 3.8) is 0 Å². The molecular formula is C16H18ClN3O3. The van der Waals surface area contributed by atoms with Gasteiger partial charge in [0, 0.05) is 5.02 Å². The Kier molecular flexibility index (Phi) is 5.15. The summed E-state index contributed by atoms with van der Waals surface area (Å²) >= 11 is 5.89. The molecule has 0 spiro atoms. The van der Waals surface area contributed by atoms with E-state index < -0.39 is 11.9 Å². The number of nitrogens with zero attached hydrogens (tertiary/aromatic N) is 2. The van der Waals surface area contributed by atoms with Crippen LogP contribution in [0.3, 0.4) is 0 Å². The topological polar surface area (TPSA) is 81.1 Å². The number of benzene rings is 1. The van der Waals surface area contributed by atoms with Gasteiger partial charge in [-0.2, -0.15) is 0 Å². The molecule has 1 atom stereocenters. The Labute approximate surface area is 138 Å². The molecule has 0 aliphatic carbocycles. The quantitative estimate of drug-likeness (QED) is 0.903. The van der Waals surface area contributed by atoms with E-state index in [1.807, 2.05) is 13.8 Å². The second-order valence-corrected chi connectivity index (χ2v) is 6.18. The van der Waals surface area contributed by atoms with Crippen LogP contribution in [0, 0.1) is 5.92 Å². The van der Waals surface area contributed by atoms with Crippen LogP contribution < -0.4 is 10.9 Å². The summed E-state index contributed by atoms with van der Waals surface area (Å²) in [6.07, 6.45) is 1.32. The van der Waals surface area contributed by atoms with Gasteiger partial charge < -0.3 is 5.32 Å². The maximum absolute atomic E-state index is 12.4. The Balaban J connectivity index is 2.25. The summed E-state index contributed by atoms with van der Waals surface area (Å²) in [4.78, 5) is 40.2. The molecule has 1 aromatic heterocycles. The van der Waals surface area contributed by atoms with E-state index in [-0.39, 0.29) is 23.8 Å². The highest BCUT2D eigenvalue weighted by molar-refractivity contribution is 6.31. The van der Waals surface area contributed by atoms with E-state index >= 15 is 0 Å². The van der Waals surface area contributed by atoms with Gasteiger partial charge in [-0.3, -0.25) is 19.0 Å². The Morgan fingerprint density at radius 2 is 2.04 bits per heavy atom. The van der Waals surface area contributed by atoms with Gasteiger partial charge in [-0.1, -0.05) is 25.4 Å². The van der Waals surface area contributed by atoms with Crippen LogP contribution in [0.15, 0.2) is 29.3 Å². The molecule has 0 radical (unpaired) electrons. The fraction of sp³-hybridized carbons (Fsp3) is 0.375. The summed E-state index contributed by atoms with van der Waals surface area (Å²) in [6, 6.07) is 4.25. The minimum atomic E-state index is -0.568. The zero-order valence-corrected chi connectivity index (χ0v) is 13.9. The first kappa shape index (κ1) is 17.1. The van der Waals surface area contributed by atoms with E-state index in [1.165, 1.54) is 23.9 Å². The van der Waals surface area contributed by atoms with Crippen molar-refractivity contribution in [1.82, 2.24) is 14.9 Å². The number of carbonyl (C=O) groups is 2. The van der Waals surface area contributed by atoms with Gasteiger partial charge >= 0.3 is 0 Å². The van der Waals surface area contributed by atoms with Crippen LogP contribution in [0.1, 0.15) is 20.8 Å². The lowest BCUT2D eigenvalue weighted by Crippen LogP contribution is -2.45. The second-order valence-electron chi connectivity index (χ2n) is 5.74. The monoisotopic (exact) mass is 335 g/mol. The summed E-state index contributed by atoms with van der Waals surface area (Å²) in [5.41, 5.74) is 0.163. The summed E-state index contributed by atoms with van der Waals surface area (Å²) in [6.45, 7) is 4.91. The number of hydrogen-bond donors (Lipinski definition) is 1. The molecule has 23 heavy (non-hydrogen) atoms. The highest BCUT2D eigenvalue weighted by Gasteiger charge is 2.21. The van der Waals surface area contributed by atoms with Crippen LogP contribution in [0.4, 0.5) is 0 Å². The van der Waals surface area contributed by atoms with E-state index in [1.54, 1.807) is 12.1 Å². The average Bonchev–Trinajstić information content (AvgIpc) is 2.47. The van der Waals surface area contributed by atoms with Gasteiger partial charge in [-0.05, 0) is 31.0 Å². The summed E-state index contributed by atoms with van der Waals surface area (Å²) in [5, 5.41) is 3.42. The largest absolute Gasteiger partial charge is 0.344 e. The number of Topliss-reactive ketones (excluding diaryl/α,β-unsaturated/α-hetero) is 1. The number of nitrogens with one attached hydrogen (secondary N) is 1. The second kappa shape index (κ2) is 6.91. The maximum Gasteiger partial charge on any atom is 0.261 e. The first-order valence-electron chi connectivity index (χ1n) is 7.24. The third-order valence-electron chi connectivity index (χ3n) is 3.52. The summed E-state index contributed by atoms with van der Waals surface area (Å²) in [7, 11) is 0. The normalized spacial score (nSPS) is 12.4. The highest BCUT2D eigenvalue weighted by atomic mass is 35.5. The van der Waals surface area contributed by atoms with E-state index in [0.717, 1.165) is 0 Å². The molecule has 1 heterocycles. The molecule has 1 unspecified atom stereocenters. The minimum Gasteiger partial charge on any atom is -0.344 e. The molecular weight excluding hydrogens is 318 g/mol. The van der Waals surface area contributed by atoms with Crippen molar-refractivity contribution >= 4 is 34.2 Å². The molecule has 0 saturated heterocycles. The van der Waals surface area contributed by atoms with Crippen molar-refractivity contribution in [2.75, 3.05) is 0 Å². The van der Waals surface area contributed by atoms with Gasteiger partial charge in [0.15, 0.2) is 5.78 Å². The molecule has 2 aromatic rings. The number of hydrogen-bond acceptors (Lipinski definition) is 4. The number of fused-ring (bicyclic) bond motifs is 1. The number of carbonyl (C=O) groups excluding carboxylic acids is 2. The van der Waals surface area contributed by atoms with Crippen LogP contribution in [0.25, 0.3) is 10.9 Å². The maximum atomic E-state index is 12.4. The molecule has 1 aromatic carbocycles. The molecule has 7 heteroatoms. The molecule has 0 bridgehead atoms. The van der Waals surface area contributed by atoms with Crippen molar-refractivity contribution in [2.24, 2.45) is 5.92 Å². The van der Waals surface area contributed by atoms with Gasteiger partial charge in [0.2, 0.25) is 5.91 Å². The fourth-order valence-electron chi connectivity index (χ4n) is 2.36. The zero-order chi connectivity index (χ0) is 17.1. The lowest BCUT2D eigenvalue weighted by atomic mass is 10.0. The number of ketones is 1. The van der Waals surface area contributed by atoms with Crippen molar-refractivity contribution in [1.29, 1.82) is 0 Å². The third-order valence-corrected chi connectivity index (χ3v) is 3.76. The lowest BCUT2D eigenvalue weighted by molar-refractivity contribution is -0.128. The molecule has 0 aliphatic heterocycles. The van der Waals surface area contributed by atoms with Crippen LogP contribution in [-0.2, 0) is 16.1 Å². The van der Waals surface area contributed by atoms with Crippen LogP contribution >= 0.6 is 11.6 Å². The van der Waals surface area contributed by atoms with E-state index in [0.29, 0.717) is 15.9 Å². The Morgan fingerprint density at radius 3 is 2.65 bits per heavy atom. The minimum absolute atomic E-state index is 0.0262. The number of amides is 1. The van der Waals surface area contributed by atoms with Crippen molar-refractivity contribution in [2.45, 2.75) is 33.4 Å². The van der Waals surface area contributed by atoms with E-state index in [2.05, 4.69) is 10.3 Å². The first-order valence-corrected chi connectivity index (χ1v) is 7.62. The SMILES string of the molecule is CC(=O)C(NC(=O)Cn1cnc2ccc(Cl)cc2c1=O)C(C)C. The highest BCUT2D eigenvalue weighted by Crippen LogP contribution is 2.14. The molecule has 6 nitrogen and oxygen atoms in total. The lowest BCUT2D eigenvalue weighted by Gasteiger charge is -2.19. The molecule has 1 amide bonds. The first-order chi connectivity index (χ1) is 10.8. The van der Waals surface area contributed by atoms with Crippen LogP contribution in [-0.4, -0.2) is 27.3 Å². The van der Waals surface area contributed by atoms with Crippen molar-refractivity contribution in [3.05, 3.63) is 39.9 Å². The fourth-order valence-corrected chi connectivity index (χ4v) is 2.53. The third kappa shape index (κ3) is 3.96. The Morgan fingerprint density at radius 1 is 1.35 bits per heavy atom. The number of halogens is 1. The smallest absolute Gasteiger partial charge is 0.261 e. The van der Waals surface area contributed by atoms with E-state index in [4.69, 9.17) is 11.6 Å². The average molecular weight is 336 g/mol. The standard InChI is InChI=1S/C16H18ClN3O3/c1-9(2)15(10(3)21)19-14(22)7-20-8-18-13-5-4-11(17)6-12(13)16(20)23/h4-6,8-9,15H,7H2,1-3H3,(H,19,22). The van der Waals surface area contributed by atoms with E-state index in [9.17, 15) is 14.4 Å². The zero-order valence-electron chi connectivity index (χ0n) is 13.2. The Hall–Kier alpha value is -2.21. The molecule has 0 fully saturated rings. The number of rotatable bonds is 5. The van der Waals surface area contributed by atoms with Gasteiger partial charge in [-0.15, -0.1) is 0 Å². The van der Waals surface area contributed by atoms with Gasteiger partial charge in [0.25, 0.3) is 5.56 Å². The number of aromatic nitrogens is 2. The van der Waals surface area contributed by atoms with Gasteiger partial charge in [0.1, 0.15) is 6.54 Å². The summed E-state index contributed by atoms with van der Waals surface area (Å²) in [5.74, 6) is -0.560. The molecule has 2 rings (SSSR count). The molecule has 1 N–H and O–H groups in total. The summed E-state index contributed by atoms with van der Waals surface area (Å²) < 4.78 is 1.20. The van der Waals surface area contributed by atoms with Gasteiger partial charge in [-0.25, -0.2) is 4.98 Å². The van der Waals surface area contributed by atoms with Crippen molar-refractivity contribution in [3.8, 4) is 0 Å². The molecule has 0 saturated carbocycles. The molecule has 0 aliphatic rings. The van der Waals surface area contributed by atoms with Gasteiger partial charge in [0.05, 0.1) is 23.3 Å². The van der Waals surface area contributed by atoms with Crippen LogP contribution in [0.2, 0.25) is 5.02 Å². The predicted octanol–water partition coefficient (Wildman–Crippen LogP) is 1.78. The molecule has 122 valence electrons. The Bertz CT molecular complexity index is 814. The van der Waals surface area contributed by atoms with Crippen LogP contribution in [0.5, 0.6) is 0 Å².